The minimum atomic E-state index is -3.57. The number of rotatable bonds is 15. The Morgan fingerprint density at radius 3 is 2.29 bits per heavy atom. The smallest absolute Gasteiger partial charge is 0.243 e. The summed E-state index contributed by atoms with van der Waals surface area (Å²) in [5, 5.41) is 3.07. The molecular weight excluding hydrogens is 550 g/mol. The van der Waals surface area contributed by atoms with E-state index in [1.807, 2.05) is 93.6 Å². The minimum absolute atomic E-state index is 0.0535. The number of nitrogens with zero attached hydrogens (tertiary/aromatic N) is 2. The SMILES string of the molecule is CC[C@@H](C)NC(=O)[C@@H](Cc1ccccc1)N(Cc1cccc(OC)c1)C(=O)CCCN(c1cccc(C)c1)S(C)(=O)=O. The molecule has 2 atom stereocenters. The fraction of sp³-hybridized carbons (Fsp3) is 0.394. The summed E-state index contributed by atoms with van der Waals surface area (Å²) in [5.41, 5.74) is 3.27. The van der Waals surface area contributed by atoms with Crippen LogP contribution in [0.2, 0.25) is 0 Å². The zero-order chi connectivity index (χ0) is 30.7. The number of benzene rings is 3. The van der Waals surface area contributed by atoms with Crippen molar-refractivity contribution in [2.45, 2.75) is 65.1 Å². The molecule has 3 rings (SSSR count). The molecule has 0 heterocycles. The van der Waals surface area contributed by atoms with Crippen LogP contribution >= 0.6 is 0 Å². The molecule has 0 radical (unpaired) electrons. The predicted molar refractivity (Wildman–Crippen MR) is 168 cm³/mol. The molecule has 8 nitrogen and oxygen atoms in total. The third kappa shape index (κ3) is 9.62. The van der Waals surface area contributed by atoms with Gasteiger partial charge in [0.25, 0.3) is 0 Å². The summed E-state index contributed by atoms with van der Waals surface area (Å²) in [6.45, 7) is 6.19. The number of carbonyl (C=O) groups is 2. The molecule has 0 aliphatic heterocycles. The van der Waals surface area contributed by atoms with Crippen molar-refractivity contribution >= 4 is 27.5 Å². The maximum Gasteiger partial charge on any atom is 0.243 e. The Bertz CT molecular complexity index is 1430. The summed E-state index contributed by atoms with van der Waals surface area (Å²) < 4.78 is 32.0. The van der Waals surface area contributed by atoms with E-state index in [4.69, 9.17) is 4.74 Å². The molecule has 1 N–H and O–H groups in total. The Kier molecular flexibility index (Phi) is 12.0. The Morgan fingerprint density at radius 2 is 1.64 bits per heavy atom. The third-order valence-corrected chi connectivity index (χ3v) is 8.40. The minimum Gasteiger partial charge on any atom is -0.497 e. The molecule has 226 valence electrons. The number of methoxy groups -OCH3 is 1. The van der Waals surface area contributed by atoms with Gasteiger partial charge in [0.05, 0.1) is 19.1 Å². The highest BCUT2D eigenvalue weighted by Gasteiger charge is 2.31. The number of hydrogen-bond acceptors (Lipinski definition) is 5. The quantitative estimate of drug-likeness (QED) is 0.264. The summed E-state index contributed by atoms with van der Waals surface area (Å²) in [6, 6.07) is 23.6. The van der Waals surface area contributed by atoms with E-state index < -0.39 is 16.1 Å². The maximum absolute atomic E-state index is 14.0. The van der Waals surface area contributed by atoms with Crippen LogP contribution in [0.5, 0.6) is 5.75 Å². The van der Waals surface area contributed by atoms with E-state index in [-0.39, 0.29) is 37.4 Å². The lowest BCUT2D eigenvalue weighted by molar-refractivity contribution is -0.141. The van der Waals surface area contributed by atoms with Crippen LogP contribution in [0, 0.1) is 6.92 Å². The highest BCUT2D eigenvalue weighted by atomic mass is 32.2. The van der Waals surface area contributed by atoms with Crippen LogP contribution in [0.3, 0.4) is 0 Å². The van der Waals surface area contributed by atoms with Crippen LogP contribution in [-0.4, -0.2) is 57.1 Å². The molecule has 0 aliphatic rings. The van der Waals surface area contributed by atoms with Gasteiger partial charge >= 0.3 is 0 Å². The molecule has 2 amide bonds. The second-order valence-corrected chi connectivity index (χ2v) is 12.6. The molecule has 0 saturated carbocycles. The summed E-state index contributed by atoms with van der Waals surface area (Å²) in [4.78, 5) is 29.3. The maximum atomic E-state index is 14.0. The summed E-state index contributed by atoms with van der Waals surface area (Å²) >= 11 is 0. The first-order chi connectivity index (χ1) is 20.0. The average Bonchev–Trinajstić information content (AvgIpc) is 2.96. The Labute approximate surface area is 250 Å². The second kappa shape index (κ2) is 15.4. The summed E-state index contributed by atoms with van der Waals surface area (Å²) in [7, 11) is -1.98. The zero-order valence-electron chi connectivity index (χ0n) is 25.2. The van der Waals surface area contributed by atoms with Crippen molar-refractivity contribution in [2.75, 3.05) is 24.2 Å². The average molecular weight is 594 g/mol. The monoisotopic (exact) mass is 593 g/mol. The van der Waals surface area contributed by atoms with Crippen LogP contribution < -0.4 is 14.4 Å². The Hall–Kier alpha value is -3.85. The fourth-order valence-electron chi connectivity index (χ4n) is 4.75. The van der Waals surface area contributed by atoms with E-state index in [0.717, 1.165) is 23.1 Å². The molecular formula is C33H43N3O5S. The molecule has 9 heteroatoms. The van der Waals surface area contributed by atoms with E-state index in [1.54, 1.807) is 18.1 Å². The first-order valence-corrected chi connectivity index (χ1v) is 16.2. The van der Waals surface area contributed by atoms with Crippen molar-refractivity contribution in [1.82, 2.24) is 10.2 Å². The van der Waals surface area contributed by atoms with Gasteiger partial charge in [0.1, 0.15) is 11.8 Å². The van der Waals surface area contributed by atoms with Crippen LogP contribution in [-0.2, 0) is 32.6 Å². The van der Waals surface area contributed by atoms with Gasteiger partial charge in [-0.25, -0.2) is 8.42 Å². The van der Waals surface area contributed by atoms with Gasteiger partial charge in [0, 0.05) is 32.0 Å². The molecule has 3 aromatic carbocycles. The van der Waals surface area contributed by atoms with Gasteiger partial charge in [-0.15, -0.1) is 0 Å². The number of sulfonamides is 1. The van der Waals surface area contributed by atoms with Crippen molar-refractivity contribution in [3.05, 3.63) is 95.6 Å². The summed E-state index contributed by atoms with van der Waals surface area (Å²) in [5.74, 6) is 0.211. The van der Waals surface area contributed by atoms with Gasteiger partial charge in [-0.2, -0.15) is 0 Å². The van der Waals surface area contributed by atoms with Crippen molar-refractivity contribution in [1.29, 1.82) is 0 Å². The Morgan fingerprint density at radius 1 is 0.952 bits per heavy atom. The molecule has 0 spiro atoms. The Balaban J connectivity index is 1.91. The molecule has 42 heavy (non-hydrogen) atoms. The molecule has 0 aromatic heterocycles. The number of ether oxygens (including phenoxy) is 1. The van der Waals surface area contributed by atoms with Gasteiger partial charge < -0.3 is 15.0 Å². The standard InChI is InChI=1S/C33H43N3O5S/c1-6-26(3)34-33(38)31(23-27-14-8-7-9-15-27)35(24-28-16-11-18-30(22-28)41-4)32(37)19-12-20-36(42(5,39)40)29-17-10-13-25(2)21-29/h7-11,13-18,21-22,26,31H,6,12,19-20,23-24H2,1-5H3,(H,34,38)/t26-,31-/m1/s1. The van der Waals surface area contributed by atoms with Gasteiger partial charge in [-0.3, -0.25) is 13.9 Å². The highest BCUT2D eigenvalue weighted by Crippen LogP contribution is 2.22. The van der Waals surface area contributed by atoms with Crippen molar-refractivity contribution in [2.24, 2.45) is 0 Å². The molecule has 0 aliphatic carbocycles. The number of amides is 2. The van der Waals surface area contributed by atoms with Crippen LogP contribution in [0.15, 0.2) is 78.9 Å². The first-order valence-electron chi connectivity index (χ1n) is 14.3. The largest absolute Gasteiger partial charge is 0.497 e. The fourth-order valence-corrected chi connectivity index (χ4v) is 5.71. The number of carbonyl (C=O) groups excluding carboxylic acids is 2. The number of hydrogen-bond donors (Lipinski definition) is 1. The molecule has 0 unspecified atom stereocenters. The van der Waals surface area contributed by atoms with E-state index in [9.17, 15) is 18.0 Å². The molecule has 0 bridgehead atoms. The lowest BCUT2D eigenvalue weighted by Crippen LogP contribution is -2.52. The number of anilines is 1. The highest BCUT2D eigenvalue weighted by molar-refractivity contribution is 7.92. The van der Waals surface area contributed by atoms with Crippen molar-refractivity contribution < 1.29 is 22.7 Å². The van der Waals surface area contributed by atoms with Crippen LogP contribution in [0.1, 0.15) is 49.8 Å². The zero-order valence-corrected chi connectivity index (χ0v) is 26.1. The molecule has 0 saturated heterocycles. The van der Waals surface area contributed by atoms with Crippen LogP contribution in [0.25, 0.3) is 0 Å². The van der Waals surface area contributed by atoms with Gasteiger partial charge in [0.15, 0.2) is 0 Å². The third-order valence-electron chi connectivity index (χ3n) is 7.20. The van der Waals surface area contributed by atoms with Crippen molar-refractivity contribution in [3.63, 3.8) is 0 Å². The van der Waals surface area contributed by atoms with Gasteiger partial charge in [0.2, 0.25) is 21.8 Å². The summed E-state index contributed by atoms with van der Waals surface area (Å²) in [6.07, 6.45) is 2.63. The molecule has 3 aromatic rings. The molecule has 0 fully saturated rings. The predicted octanol–water partition coefficient (Wildman–Crippen LogP) is 5.10. The van der Waals surface area contributed by atoms with E-state index in [1.165, 1.54) is 10.6 Å². The van der Waals surface area contributed by atoms with E-state index in [2.05, 4.69) is 5.32 Å². The topological polar surface area (TPSA) is 96.0 Å². The van der Waals surface area contributed by atoms with Crippen molar-refractivity contribution in [3.8, 4) is 5.75 Å². The lowest BCUT2D eigenvalue weighted by atomic mass is 10.0. The second-order valence-electron chi connectivity index (χ2n) is 10.7. The van der Waals surface area contributed by atoms with Crippen LogP contribution in [0.4, 0.5) is 5.69 Å². The first kappa shape index (κ1) is 32.7. The van der Waals surface area contributed by atoms with E-state index in [0.29, 0.717) is 24.3 Å². The number of nitrogens with one attached hydrogen (secondary N) is 1. The van der Waals surface area contributed by atoms with E-state index >= 15 is 0 Å². The normalized spacial score (nSPS) is 12.7. The lowest BCUT2D eigenvalue weighted by Gasteiger charge is -2.33. The van der Waals surface area contributed by atoms with Gasteiger partial charge in [-0.1, -0.05) is 61.5 Å². The van der Waals surface area contributed by atoms with Gasteiger partial charge in [-0.05, 0) is 67.6 Å². The number of aryl methyl sites for hydroxylation is 1.